The predicted molar refractivity (Wildman–Crippen MR) is 82.4 cm³/mol. The molecule has 0 aromatic carbocycles. The van der Waals surface area contributed by atoms with Gasteiger partial charge in [0.2, 0.25) is 11.8 Å². The summed E-state index contributed by atoms with van der Waals surface area (Å²) in [6.45, 7) is 8.74. The summed E-state index contributed by atoms with van der Waals surface area (Å²) in [6, 6.07) is 1.84. The molecule has 3 rings (SSSR count). The van der Waals surface area contributed by atoms with Gasteiger partial charge in [0, 0.05) is 45.0 Å². The van der Waals surface area contributed by atoms with Gasteiger partial charge in [-0.25, -0.2) is 9.97 Å². The molecule has 0 unspecified atom stereocenters. The zero-order valence-corrected chi connectivity index (χ0v) is 13.1. The Bertz CT molecular complexity index is 577. The fourth-order valence-electron chi connectivity index (χ4n) is 2.55. The van der Waals surface area contributed by atoms with Crippen LogP contribution in [0, 0.1) is 5.92 Å². The quantitative estimate of drug-likeness (QED) is 0.826. The molecule has 0 aliphatic carbocycles. The summed E-state index contributed by atoms with van der Waals surface area (Å²) in [5.41, 5.74) is 0. The van der Waals surface area contributed by atoms with Gasteiger partial charge in [-0.15, -0.1) is 0 Å². The zero-order valence-electron chi connectivity index (χ0n) is 13.1. The first kappa shape index (κ1) is 14.9. The van der Waals surface area contributed by atoms with Gasteiger partial charge in [0.15, 0.2) is 5.82 Å². The predicted octanol–water partition coefficient (Wildman–Crippen LogP) is 1.38. The van der Waals surface area contributed by atoms with E-state index in [4.69, 9.17) is 4.52 Å². The van der Waals surface area contributed by atoms with Crippen LogP contribution in [-0.4, -0.2) is 51.2 Å². The molecule has 0 saturated carbocycles. The lowest BCUT2D eigenvalue weighted by Gasteiger charge is -2.33. The van der Waals surface area contributed by atoms with Crippen molar-refractivity contribution in [3.05, 3.63) is 30.2 Å². The number of rotatable bonds is 5. The third-order valence-electron chi connectivity index (χ3n) is 3.67. The van der Waals surface area contributed by atoms with Crippen LogP contribution in [0.2, 0.25) is 0 Å². The van der Waals surface area contributed by atoms with Gasteiger partial charge in [-0.2, -0.15) is 4.98 Å². The van der Waals surface area contributed by atoms with Crippen molar-refractivity contribution in [1.29, 1.82) is 0 Å². The van der Waals surface area contributed by atoms with Gasteiger partial charge in [0.25, 0.3) is 0 Å². The number of nitrogens with zero attached hydrogens (tertiary/aromatic N) is 6. The SMILES string of the molecule is CC(C)Cc1noc(CN2CCN(c3ncccn3)CC2)n1. The van der Waals surface area contributed by atoms with E-state index in [-0.39, 0.29) is 0 Å². The van der Waals surface area contributed by atoms with Crippen molar-refractivity contribution in [3.63, 3.8) is 0 Å². The third kappa shape index (κ3) is 3.79. The Morgan fingerprint density at radius 2 is 1.86 bits per heavy atom. The summed E-state index contributed by atoms with van der Waals surface area (Å²) in [5, 5.41) is 4.04. The fraction of sp³-hybridized carbons (Fsp3) is 0.600. The second-order valence-corrected chi connectivity index (χ2v) is 6.01. The molecule has 0 atom stereocenters. The highest BCUT2D eigenvalue weighted by atomic mass is 16.5. The largest absolute Gasteiger partial charge is 0.338 e. The topological polar surface area (TPSA) is 71.2 Å². The first-order chi connectivity index (χ1) is 10.7. The van der Waals surface area contributed by atoms with E-state index >= 15 is 0 Å². The summed E-state index contributed by atoms with van der Waals surface area (Å²) in [4.78, 5) is 17.6. The molecule has 0 amide bonds. The Kier molecular flexibility index (Phi) is 4.62. The molecule has 3 heterocycles. The van der Waals surface area contributed by atoms with Crippen LogP contribution in [-0.2, 0) is 13.0 Å². The van der Waals surface area contributed by atoms with Gasteiger partial charge in [0.05, 0.1) is 6.54 Å². The van der Waals surface area contributed by atoms with Crippen molar-refractivity contribution >= 4 is 5.95 Å². The van der Waals surface area contributed by atoms with Crippen molar-refractivity contribution in [2.24, 2.45) is 5.92 Å². The zero-order chi connectivity index (χ0) is 15.4. The molecule has 0 bridgehead atoms. The van der Waals surface area contributed by atoms with Crippen LogP contribution in [0.1, 0.15) is 25.6 Å². The van der Waals surface area contributed by atoms with Crippen molar-refractivity contribution in [3.8, 4) is 0 Å². The Labute approximate surface area is 130 Å². The van der Waals surface area contributed by atoms with Crippen LogP contribution < -0.4 is 4.90 Å². The molecule has 0 spiro atoms. The Balaban J connectivity index is 1.50. The molecular formula is C15H22N6O. The standard InChI is InChI=1S/C15H22N6O/c1-12(2)10-13-18-14(22-19-13)11-20-6-8-21(9-7-20)15-16-4-3-5-17-15/h3-5,12H,6-11H2,1-2H3. The van der Waals surface area contributed by atoms with E-state index in [9.17, 15) is 0 Å². The highest BCUT2D eigenvalue weighted by Crippen LogP contribution is 2.12. The third-order valence-corrected chi connectivity index (χ3v) is 3.67. The average molecular weight is 302 g/mol. The maximum Gasteiger partial charge on any atom is 0.240 e. The monoisotopic (exact) mass is 302 g/mol. The number of anilines is 1. The molecule has 2 aromatic rings. The van der Waals surface area contributed by atoms with Crippen molar-refractivity contribution in [1.82, 2.24) is 25.0 Å². The van der Waals surface area contributed by atoms with E-state index in [1.165, 1.54) is 0 Å². The van der Waals surface area contributed by atoms with Gasteiger partial charge in [-0.1, -0.05) is 19.0 Å². The highest BCUT2D eigenvalue weighted by Gasteiger charge is 2.20. The molecule has 7 nitrogen and oxygen atoms in total. The molecule has 1 aliphatic rings. The maximum atomic E-state index is 5.34. The van der Waals surface area contributed by atoms with E-state index in [1.807, 2.05) is 6.07 Å². The number of piperazine rings is 1. The van der Waals surface area contributed by atoms with Crippen LogP contribution in [0.3, 0.4) is 0 Å². The van der Waals surface area contributed by atoms with Crippen LogP contribution in [0.15, 0.2) is 23.0 Å². The fourth-order valence-corrected chi connectivity index (χ4v) is 2.55. The first-order valence-electron chi connectivity index (χ1n) is 7.76. The molecule has 1 saturated heterocycles. The minimum atomic E-state index is 0.542. The minimum Gasteiger partial charge on any atom is -0.338 e. The lowest BCUT2D eigenvalue weighted by molar-refractivity contribution is 0.214. The smallest absolute Gasteiger partial charge is 0.240 e. The molecule has 0 N–H and O–H groups in total. The number of aromatic nitrogens is 4. The van der Waals surface area contributed by atoms with E-state index < -0.39 is 0 Å². The molecule has 0 radical (unpaired) electrons. The van der Waals surface area contributed by atoms with Crippen LogP contribution >= 0.6 is 0 Å². The minimum absolute atomic E-state index is 0.542. The summed E-state index contributed by atoms with van der Waals surface area (Å²) >= 11 is 0. The van der Waals surface area contributed by atoms with Gasteiger partial charge in [-0.05, 0) is 12.0 Å². The Morgan fingerprint density at radius 1 is 1.14 bits per heavy atom. The molecule has 1 aliphatic heterocycles. The molecule has 22 heavy (non-hydrogen) atoms. The first-order valence-corrected chi connectivity index (χ1v) is 7.76. The van der Waals surface area contributed by atoms with Crippen LogP contribution in [0.4, 0.5) is 5.95 Å². The Morgan fingerprint density at radius 3 is 2.55 bits per heavy atom. The van der Waals surface area contributed by atoms with E-state index in [0.29, 0.717) is 18.4 Å². The maximum absolute atomic E-state index is 5.34. The summed E-state index contributed by atoms with van der Waals surface area (Å²) in [5.74, 6) is 2.86. The van der Waals surface area contributed by atoms with E-state index in [1.54, 1.807) is 12.4 Å². The van der Waals surface area contributed by atoms with Crippen LogP contribution in [0.5, 0.6) is 0 Å². The second kappa shape index (κ2) is 6.83. The van der Waals surface area contributed by atoms with Crippen molar-refractivity contribution in [2.45, 2.75) is 26.8 Å². The average Bonchev–Trinajstić information content (AvgIpc) is 2.95. The van der Waals surface area contributed by atoms with Crippen molar-refractivity contribution in [2.75, 3.05) is 31.1 Å². The van der Waals surface area contributed by atoms with Gasteiger partial charge in [-0.3, -0.25) is 4.90 Å². The van der Waals surface area contributed by atoms with E-state index in [2.05, 4.69) is 43.8 Å². The molecule has 118 valence electrons. The van der Waals surface area contributed by atoms with Gasteiger partial charge in [0.1, 0.15) is 0 Å². The normalized spacial score (nSPS) is 16.4. The molecule has 1 fully saturated rings. The summed E-state index contributed by atoms with van der Waals surface area (Å²) in [6.07, 6.45) is 4.43. The lowest BCUT2D eigenvalue weighted by atomic mass is 10.1. The molecule has 7 heteroatoms. The summed E-state index contributed by atoms with van der Waals surface area (Å²) < 4.78 is 5.34. The van der Waals surface area contributed by atoms with Gasteiger partial charge >= 0.3 is 0 Å². The van der Waals surface area contributed by atoms with E-state index in [0.717, 1.165) is 44.4 Å². The lowest BCUT2D eigenvalue weighted by Crippen LogP contribution is -2.46. The summed E-state index contributed by atoms with van der Waals surface area (Å²) in [7, 11) is 0. The Hall–Kier alpha value is -2.02. The molecular weight excluding hydrogens is 280 g/mol. The van der Waals surface area contributed by atoms with Crippen molar-refractivity contribution < 1.29 is 4.52 Å². The van der Waals surface area contributed by atoms with Crippen LogP contribution in [0.25, 0.3) is 0 Å². The number of hydrogen-bond donors (Lipinski definition) is 0. The second-order valence-electron chi connectivity index (χ2n) is 6.01. The van der Waals surface area contributed by atoms with Gasteiger partial charge < -0.3 is 9.42 Å². The number of hydrogen-bond acceptors (Lipinski definition) is 7. The highest BCUT2D eigenvalue weighted by molar-refractivity contribution is 5.29. The molecule has 2 aromatic heterocycles.